The summed E-state index contributed by atoms with van der Waals surface area (Å²) in [6.45, 7) is 0. The van der Waals surface area contributed by atoms with Gasteiger partial charge in [-0.05, 0) is 35.4 Å². The fourth-order valence-corrected chi connectivity index (χ4v) is 1.98. The summed E-state index contributed by atoms with van der Waals surface area (Å²) in [6.07, 6.45) is 0. The Labute approximate surface area is 204 Å². The van der Waals surface area contributed by atoms with E-state index in [0.29, 0.717) is 22.8 Å². The minimum Gasteiger partial charge on any atom is -0.457 e. The molecule has 2 aromatic heterocycles. The molecule has 0 aliphatic rings. The first-order valence-electron chi connectivity index (χ1n) is 7.41. The monoisotopic (exact) mass is 549 g/mol. The largest absolute Gasteiger partial charge is 2.00 e. The first-order valence-corrected chi connectivity index (χ1v) is 7.41. The van der Waals surface area contributed by atoms with Crippen molar-refractivity contribution < 1.29 is 59.8 Å². The molecular formula is C14H26MnN10O10+6. The van der Waals surface area contributed by atoms with Gasteiger partial charge in [0.25, 0.3) is 11.4 Å². The van der Waals surface area contributed by atoms with Crippen molar-refractivity contribution in [1.82, 2.24) is 41.2 Å². The summed E-state index contributed by atoms with van der Waals surface area (Å²) >= 11 is 0. The summed E-state index contributed by atoms with van der Waals surface area (Å²) in [5.74, 6) is 0.722. The van der Waals surface area contributed by atoms with E-state index in [9.17, 15) is 20.2 Å². The molecule has 4 aromatic rings. The molecule has 0 bridgehead atoms. The van der Waals surface area contributed by atoms with Crippen LogP contribution in [0.4, 0.5) is 11.4 Å². The van der Waals surface area contributed by atoms with Gasteiger partial charge >= 0.3 is 17.1 Å². The van der Waals surface area contributed by atoms with Crippen LogP contribution in [0.5, 0.6) is 0 Å². The smallest absolute Gasteiger partial charge is 0.457 e. The van der Waals surface area contributed by atoms with Gasteiger partial charge in [0.1, 0.15) is 0 Å². The van der Waals surface area contributed by atoms with Gasteiger partial charge < -0.3 is 43.1 Å². The van der Waals surface area contributed by atoms with Gasteiger partial charge in [0.05, 0.1) is 9.85 Å². The molecule has 0 fully saturated rings. The second-order valence-corrected chi connectivity index (χ2v) is 5.01. The molecule has 2 heterocycles. The second kappa shape index (κ2) is 19.2. The standard InChI is InChI=1S/2C7H4N5O2.Mn.6H2O/c2*13-12(14)6-3-1-5(2-4-6)7-8-10-11-9-7;;;;;;;/h2*1-4H;;6*1H2/q2*-1;+2;;;;;;/p+6. The van der Waals surface area contributed by atoms with Crippen LogP contribution in [0.1, 0.15) is 0 Å². The zero-order valence-corrected chi connectivity index (χ0v) is 18.7. The second-order valence-electron chi connectivity index (χ2n) is 5.01. The van der Waals surface area contributed by atoms with Crippen molar-refractivity contribution in [1.29, 1.82) is 0 Å². The Morgan fingerprint density at radius 1 is 0.571 bits per heavy atom. The number of nitro benzene ring substituents is 2. The molecule has 0 amide bonds. The summed E-state index contributed by atoms with van der Waals surface area (Å²) in [5, 5.41) is 48.4. The maximum atomic E-state index is 10.3. The molecule has 0 aliphatic carbocycles. The molecule has 21 heteroatoms. The van der Waals surface area contributed by atoms with Crippen LogP contribution in [-0.4, -0.2) is 40.9 Å². The fraction of sp³-hybridized carbons (Fsp3) is 0. The minimum absolute atomic E-state index is 0. The molecule has 18 N–H and O–H groups in total. The third kappa shape index (κ3) is 10.9. The SMILES string of the molecule is O=[N+]([O-])c1ccc(-c2nnn[n-]2)cc1.O=[N+]([O-])c1ccc(-c2nnn[n-]2)cc1.[Mn+2].[OH3+].[OH3+].[OH3+].[OH3+].[OH3+].[OH3+]. The van der Waals surface area contributed by atoms with Crippen LogP contribution in [0.2, 0.25) is 0 Å². The van der Waals surface area contributed by atoms with Gasteiger partial charge in [0.15, 0.2) is 0 Å². The third-order valence-electron chi connectivity index (χ3n) is 3.31. The van der Waals surface area contributed by atoms with Crippen molar-refractivity contribution in [2.75, 3.05) is 0 Å². The van der Waals surface area contributed by atoms with E-state index in [1.807, 2.05) is 0 Å². The van der Waals surface area contributed by atoms with Gasteiger partial charge in [0, 0.05) is 35.9 Å². The molecular weight excluding hydrogens is 523 g/mol. The topological polar surface area (TPSA) is 390 Å². The third-order valence-corrected chi connectivity index (χ3v) is 3.31. The zero-order valence-electron chi connectivity index (χ0n) is 17.6. The maximum Gasteiger partial charge on any atom is 2.00 e. The molecule has 0 saturated heterocycles. The average molecular weight is 549 g/mol. The van der Waals surface area contributed by atoms with E-state index >= 15 is 0 Å². The molecule has 20 nitrogen and oxygen atoms in total. The van der Waals surface area contributed by atoms with Gasteiger partial charge in [-0.25, -0.2) is 0 Å². The number of non-ortho nitro benzene ring substituents is 2. The van der Waals surface area contributed by atoms with E-state index in [1.54, 1.807) is 24.3 Å². The normalized spacial score (nSPS) is 8.00. The molecule has 4 rings (SSSR count). The van der Waals surface area contributed by atoms with Crippen LogP contribution < -0.4 is 10.2 Å². The minimum atomic E-state index is -0.466. The van der Waals surface area contributed by atoms with Crippen molar-refractivity contribution in [2.24, 2.45) is 0 Å². The van der Waals surface area contributed by atoms with Crippen LogP contribution in [0.25, 0.3) is 22.8 Å². The van der Waals surface area contributed by atoms with Gasteiger partial charge in [-0.3, -0.25) is 40.9 Å². The number of benzene rings is 2. The van der Waals surface area contributed by atoms with Crippen LogP contribution in [0.15, 0.2) is 48.5 Å². The molecule has 35 heavy (non-hydrogen) atoms. The molecule has 1 radical (unpaired) electrons. The first-order chi connectivity index (χ1) is 13.5. The molecule has 0 saturated carbocycles. The van der Waals surface area contributed by atoms with Crippen molar-refractivity contribution in [2.45, 2.75) is 0 Å². The number of rotatable bonds is 4. The Morgan fingerprint density at radius 3 is 1.06 bits per heavy atom. The molecule has 0 spiro atoms. The van der Waals surface area contributed by atoms with Crippen molar-refractivity contribution in [3.8, 4) is 22.8 Å². The van der Waals surface area contributed by atoms with E-state index in [2.05, 4.69) is 41.2 Å². The van der Waals surface area contributed by atoms with Gasteiger partial charge in [-0.1, -0.05) is 0 Å². The number of hydrogen-bond acceptors (Lipinski definition) is 10. The summed E-state index contributed by atoms with van der Waals surface area (Å²) in [6, 6.07) is 11.7. The number of hydrogen-bond donors (Lipinski definition) is 0. The zero-order chi connectivity index (χ0) is 19.9. The molecule has 0 atom stereocenters. The predicted molar refractivity (Wildman–Crippen MR) is 120 cm³/mol. The Balaban J connectivity index is -0.000000143. The van der Waals surface area contributed by atoms with E-state index in [0.717, 1.165) is 0 Å². The van der Waals surface area contributed by atoms with Crippen molar-refractivity contribution >= 4 is 11.4 Å². The van der Waals surface area contributed by atoms with E-state index in [-0.39, 0.29) is 61.3 Å². The van der Waals surface area contributed by atoms with Crippen molar-refractivity contribution in [3.63, 3.8) is 0 Å². The Hall–Kier alpha value is -4.34. The number of tetrazole rings is 2. The van der Waals surface area contributed by atoms with Gasteiger partial charge in [-0.2, -0.15) is 10.4 Å². The molecule has 0 unspecified atom stereocenters. The average Bonchev–Trinajstić information content (AvgIpc) is 3.43. The van der Waals surface area contributed by atoms with E-state index in [4.69, 9.17) is 0 Å². The van der Waals surface area contributed by atoms with Crippen molar-refractivity contribution in [3.05, 3.63) is 68.8 Å². The Morgan fingerprint density at radius 2 is 0.857 bits per heavy atom. The maximum absolute atomic E-state index is 10.3. The number of nitro groups is 2. The Bertz CT molecular complexity index is 979. The fourth-order valence-electron chi connectivity index (χ4n) is 1.98. The van der Waals surface area contributed by atoms with Gasteiger partial charge in [0.2, 0.25) is 0 Å². The quantitative estimate of drug-likeness (QED) is 0.100. The van der Waals surface area contributed by atoms with Crippen LogP contribution in [0.3, 0.4) is 0 Å². The van der Waals surface area contributed by atoms with Crippen LogP contribution >= 0.6 is 0 Å². The van der Waals surface area contributed by atoms with Crippen LogP contribution in [0, 0.1) is 20.2 Å². The van der Waals surface area contributed by atoms with Gasteiger partial charge in [-0.15, -0.1) is 0 Å². The summed E-state index contributed by atoms with van der Waals surface area (Å²) in [7, 11) is 0. The van der Waals surface area contributed by atoms with Crippen LogP contribution in [-0.2, 0) is 49.9 Å². The Kier molecular flexibility index (Phi) is 22.4. The molecule has 193 valence electrons. The van der Waals surface area contributed by atoms with E-state index in [1.165, 1.54) is 24.3 Å². The molecule has 0 aliphatic heterocycles. The molecule has 2 aromatic carbocycles. The number of nitrogens with zero attached hydrogens (tertiary/aromatic N) is 10. The predicted octanol–water partition coefficient (Wildman–Crippen LogP) is -4.73. The van der Waals surface area contributed by atoms with E-state index < -0.39 is 9.85 Å². The summed E-state index contributed by atoms with van der Waals surface area (Å²) in [5.41, 5.74) is 1.36. The number of aromatic nitrogens is 8. The summed E-state index contributed by atoms with van der Waals surface area (Å²) in [4.78, 5) is 19.8. The summed E-state index contributed by atoms with van der Waals surface area (Å²) < 4.78 is 0. The first kappa shape index (κ1) is 41.0.